The summed E-state index contributed by atoms with van der Waals surface area (Å²) in [7, 11) is 1.55. The van der Waals surface area contributed by atoms with Crippen molar-refractivity contribution in [3.63, 3.8) is 0 Å². The maximum atomic E-state index is 11.8. The van der Waals surface area contributed by atoms with Gasteiger partial charge in [0.1, 0.15) is 6.54 Å². The van der Waals surface area contributed by atoms with Gasteiger partial charge < -0.3 is 14.4 Å². The molecule has 0 aliphatic rings. The van der Waals surface area contributed by atoms with Crippen molar-refractivity contribution in [3.8, 4) is 0 Å². The van der Waals surface area contributed by atoms with Crippen LogP contribution < -0.4 is 0 Å². The van der Waals surface area contributed by atoms with Gasteiger partial charge in [0.25, 0.3) is 0 Å². The molecular formula is C20H39NO4. The molecule has 0 saturated carbocycles. The standard InChI is InChI=1S/C20H39NO4/c1-6-7-8-9-10-11-12-13-14-15-24-18(22)16-21(5)19(23)25-17-20(2,3)4/h6-17H2,1-5H3. The molecule has 0 aromatic rings. The molecule has 148 valence electrons. The van der Waals surface area contributed by atoms with Crippen molar-refractivity contribution >= 4 is 12.1 Å². The van der Waals surface area contributed by atoms with Gasteiger partial charge in [-0.1, -0.05) is 79.1 Å². The van der Waals surface area contributed by atoms with Gasteiger partial charge in [-0.25, -0.2) is 4.79 Å². The number of carbonyl (C=O) groups excluding carboxylic acids is 2. The Morgan fingerprint density at radius 1 is 0.840 bits per heavy atom. The fourth-order valence-electron chi connectivity index (χ4n) is 2.29. The molecule has 5 heteroatoms. The summed E-state index contributed by atoms with van der Waals surface area (Å²) >= 11 is 0. The third-order valence-corrected chi connectivity index (χ3v) is 3.82. The highest BCUT2D eigenvalue weighted by molar-refractivity contribution is 5.77. The number of esters is 1. The van der Waals surface area contributed by atoms with Crippen molar-refractivity contribution in [3.05, 3.63) is 0 Å². The molecule has 0 radical (unpaired) electrons. The van der Waals surface area contributed by atoms with Gasteiger partial charge in [0.05, 0.1) is 13.2 Å². The lowest BCUT2D eigenvalue weighted by atomic mass is 9.99. The van der Waals surface area contributed by atoms with Crippen molar-refractivity contribution in [1.29, 1.82) is 0 Å². The van der Waals surface area contributed by atoms with Crippen molar-refractivity contribution in [2.45, 2.75) is 85.5 Å². The van der Waals surface area contributed by atoms with Crippen LogP contribution in [0.1, 0.15) is 85.5 Å². The molecule has 0 saturated heterocycles. The molecule has 0 aliphatic heterocycles. The Morgan fingerprint density at radius 2 is 1.36 bits per heavy atom. The van der Waals surface area contributed by atoms with E-state index >= 15 is 0 Å². The molecule has 0 aromatic carbocycles. The Balaban J connectivity index is 3.58. The van der Waals surface area contributed by atoms with E-state index in [0.717, 1.165) is 12.8 Å². The van der Waals surface area contributed by atoms with Crippen LogP contribution in [0.5, 0.6) is 0 Å². The molecule has 0 N–H and O–H groups in total. The van der Waals surface area contributed by atoms with E-state index in [9.17, 15) is 9.59 Å². The Morgan fingerprint density at radius 3 is 1.88 bits per heavy atom. The van der Waals surface area contributed by atoms with Gasteiger partial charge in [-0.15, -0.1) is 0 Å². The van der Waals surface area contributed by atoms with Gasteiger partial charge >= 0.3 is 12.1 Å². The maximum Gasteiger partial charge on any atom is 0.410 e. The lowest BCUT2D eigenvalue weighted by molar-refractivity contribution is -0.144. The number of amides is 1. The second-order valence-corrected chi connectivity index (χ2v) is 8.02. The highest BCUT2D eigenvalue weighted by Gasteiger charge is 2.18. The Bertz CT molecular complexity index is 363. The number of carbonyl (C=O) groups is 2. The third-order valence-electron chi connectivity index (χ3n) is 3.82. The SMILES string of the molecule is CCCCCCCCCCCOC(=O)CN(C)C(=O)OCC(C)(C)C. The van der Waals surface area contributed by atoms with E-state index in [1.807, 2.05) is 20.8 Å². The first-order valence-electron chi connectivity index (χ1n) is 9.80. The van der Waals surface area contributed by atoms with E-state index in [-0.39, 0.29) is 17.9 Å². The maximum absolute atomic E-state index is 11.8. The molecule has 0 atom stereocenters. The second kappa shape index (κ2) is 14.0. The lowest BCUT2D eigenvalue weighted by Crippen LogP contribution is -2.35. The predicted octanol–water partition coefficient (Wildman–Crippen LogP) is 5.17. The van der Waals surface area contributed by atoms with E-state index < -0.39 is 6.09 Å². The molecule has 0 aliphatic carbocycles. The molecule has 5 nitrogen and oxygen atoms in total. The molecule has 0 aromatic heterocycles. The fraction of sp³-hybridized carbons (Fsp3) is 0.900. The minimum atomic E-state index is -0.491. The summed E-state index contributed by atoms with van der Waals surface area (Å²) in [6.45, 7) is 8.87. The predicted molar refractivity (Wildman–Crippen MR) is 102 cm³/mol. The molecule has 25 heavy (non-hydrogen) atoms. The summed E-state index contributed by atoms with van der Waals surface area (Å²) in [4.78, 5) is 24.7. The summed E-state index contributed by atoms with van der Waals surface area (Å²) in [5.41, 5.74) is -0.0903. The molecule has 1 amide bonds. The molecule has 0 rings (SSSR count). The monoisotopic (exact) mass is 357 g/mol. The van der Waals surface area contributed by atoms with Gasteiger partial charge in [-0.05, 0) is 11.8 Å². The van der Waals surface area contributed by atoms with Crippen LogP contribution in [0.25, 0.3) is 0 Å². The van der Waals surface area contributed by atoms with E-state index in [1.165, 1.54) is 49.8 Å². The van der Waals surface area contributed by atoms with Crippen molar-refractivity contribution in [2.75, 3.05) is 26.8 Å². The number of ether oxygens (including phenoxy) is 2. The van der Waals surface area contributed by atoms with Crippen LogP contribution >= 0.6 is 0 Å². The average Bonchev–Trinajstić information content (AvgIpc) is 2.53. The first-order valence-corrected chi connectivity index (χ1v) is 9.80. The number of hydrogen-bond donors (Lipinski definition) is 0. The van der Waals surface area contributed by atoms with Crippen LogP contribution in [-0.2, 0) is 14.3 Å². The number of hydrogen-bond acceptors (Lipinski definition) is 4. The van der Waals surface area contributed by atoms with Crippen LogP contribution in [0.3, 0.4) is 0 Å². The first kappa shape index (κ1) is 23.7. The third kappa shape index (κ3) is 16.0. The minimum absolute atomic E-state index is 0.0690. The average molecular weight is 358 g/mol. The molecule has 0 bridgehead atoms. The van der Waals surface area contributed by atoms with Crippen molar-refractivity contribution in [1.82, 2.24) is 4.90 Å². The number of likely N-dealkylation sites (N-methyl/N-ethyl adjacent to an activating group) is 1. The minimum Gasteiger partial charge on any atom is -0.464 e. The Hall–Kier alpha value is -1.26. The smallest absolute Gasteiger partial charge is 0.410 e. The molecule has 0 unspecified atom stereocenters. The molecular weight excluding hydrogens is 318 g/mol. The Kier molecular flexibility index (Phi) is 13.3. The van der Waals surface area contributed by atoms with Crippen LogP contribution in [0, 0.1) is 5.41 Å². The molecule has 0 spiro atoms. The molecule has 0 fully saturated rings. The lowest BCUT2D eigenvalue weighted by Gasteiger charge is -2.21. The normalized spacial score (nSPS) is 11.2. The van der Waals surface area contributed by atoms with Crippen LogP contribution in [0.4, 0.5) is 4.79 Å². The zero-order chi connectivity index (χ0) is 19.1. The second-order valence-electron chi connectivity index (χ2n) is 8.02. The van der Waals surface area contributed by atoms with Crippen LogP contribution in [0.2, 0.25) is 0 Å². The van der Waals surface area contributed by atoms with Crippen molar-refractivity contribution in [2.24, 2.45) is 5.41 Å². The highest BCUT2D eigenvalue weighted by atomic mass is 16.6. The van der Waals surface area contributed by atoms with E-state index in [4.69, 9.17) is 9.47 Å². The summed E-state index contributed by atoms with van der Waals surface area (Å²) in [5.74, 6) is -0.380. The topological polar surface area (TPSA) is 55.8 Å². The number of rotatable bonds is 13. The Labute approximate surface area is 154 Å². The fourth-order valence-corrected chi connectivity index (χ4v) is 2.29. The van der Waals surface area contributed by atoms with Gasteiger partial charge in [-0.3, -0.25) is 4.79 Å². The van der Waals surface area contributed by atoms with Gasteiger partial charge in [-0.2, -0.15) is 0 Å². The van der Waals surface area contributed by atoms with Gasteiger partial charge in [0.15, 0.2) is 0 Å². The van der Waals surface area contributed by atoms with E-state index in [0.29, 0.717) is 13.2 Å². The zero-order valence-corrected chi connectivity index (χ0v) is 17.1. The van der Waals surface area contributed by atoms with Gasteiger partial charge in [0.2, 0.25) is 0 Å². The van der Waals surface area contributed by atoms with Crippen LogP contribution in [-0.4, -0.2) is 43.8 Å². The number of nitrogens with zero attached hydrogens (tertiary/aromatic N) is 1. The van der Waals surface area contributed by atoms with Crippen LogP contribution in [0.15, 0.2) is 0 Å². The van der Waals surface area contributed by atoms with E-state index in [1.54, 1.807) is 7.05 Å². The zero-order valence-electron chi connectivity index (χ0n) is 17.1. The summed E-state index contributed by atoms with van der Waals surface area (Å²) in [6, 6.07) is 0. The number of unbranched alkanes of at least 4 members (excludes halogenated alkanes) is 8. The summed E-state index contributed by atoms with van der Waals surface area (Å²) in [6.07, 6.45) is 10.6. The highest BCUT2D eigenvalue weighted by Crippen LogP contribution is 2.13. The quantitative estimate of drug-likeness (QED) is 0.337. The molecule has 0 heterocycles. The summed E-state index contributed by atoms with van der Waals surface area (Å²) < 4.78 is 10.3. The largest absolute Gasteiger partial charge is 0.464 e. The first-order chi connectivity index (χ1) is 11.8. The van der Waals surface area contributed by atoms with Crippen molar-refractivity contribution < 1.29 is 19.1 Å². The van der Waals surface area contributed by atoms with E-state index in [2.05, 4.69) is 6.92 Å². The van der Waals surface area contributed by atoms with Gasteiger partial charge in [0, 0.05) is 7.05 Å². The summed E-state index contributed by atoms with van der Waals surface area (Å²) in [5, 5.41) is 0.